The fraction of sp³-hybridized carbons (Fsp3) is 0.600. The minimum atomic E-state index is 0.206. The molecule has 16 heavy (non-hydrogen) atoms. The fourth-order valence-corrected chi connectivity index (χ4v) is 1.84. The molecule has 0 atom stereocenters. The Bertz CT molecular complexity index is 345. The Labute approximate surface area is 99.8 Å². The molecule has 0 aliphatic carbocycles. The molecular formula is C15H24O. The molecule has 1 rings (SSSR count). The van der Waals surface area contributed by atoms with Crippen LogP contribution in [0, 0.1) is 5.92 Å². The van der Waals surface area contributed by atoms with Crippen molar-refractivity contribution in [2.45, 2.75) is 46.5 Å². The molecule has 0 heterocycles. The lowest BCUT2D eigenvalue weighted by Crippen LogP contribution is -2.12. The second-order valence-corrected chi connectivity index (χ2v) is 5.87. The van der Waals surface area contributed by atoms with Crippen molar-refractivity contribution in [3.63, 3.8) is 0 Å². The summed E-state index contributed by atoms with van der Waals surface area (Å²) in [4.78, 5) is 0. The van der Waals surface area contributed by atoms with Gasteiger partial charge in [-0.25, -0.2) is 0 Å². The van der Waals surface area contributed by atoms with Crippen molar-refractivity contribution in [1.29, 1.82) is 0 Å². The van der Waals surface area contributed by atoms with E-state index in [1.807, 2.05) is 0 Å². The second kappa shape index (κ2) is 4.90. The first-order valence-corrected chi connectivity index (χ1v) is 6.02. The van der Waals surface area contributed by atoms with E-state index < -0.39 is 0 Å². The lowest BCUT2D eigenvalue weighted by Gasteiger charge is -2.21. The quantitative estimate of drug-likeness (QED) is 0.742. The maximum absolute atomic E-state index is 5.41. The van der Waals surface area contributed by atoms with Crippen LogP contribution in [-0.2, 0) is 11.8 Å². The third-order valence-corrected chi connectivity index (χ3v) is 2.77. The summed E-state index contributed by atoms with van der Waals surface area (Å²) in [6.07, 6.45) is 1.08. The van der Waals surface area contributed by atoms with Gasteiger partial charge < -0.3 is 4.74 Å². The molecule has 0 fully saturated rings. The van der Waals surface area contributed by atoms with Gasteiger partial charge in [0.05, 0.1) is 7.11 Å². The molecule has 0 N–H and O–H groups in total. The summed E-state index contributed by atoms with van der Waals surface area (Å²) in [6, 6.07) is 6.56. The highest BCUT2D eigenvalue weighted by atomic mass is 16.5. The molecule has 0 bridgehead atoms. The van der Waals surface area contributed by atoms with Gasteiger partial charge in [0, 0.05) is 0 Å². The molecule has 0 saturated heterocycles. The maximum Gasteiger partial charge on any atom is 0.122 e. The van der Waals surface area contributed by atoms with Gasteiger partial charge in [0.15, 0.2) is 0 Å². The third-order valence-electron chi connectivity index (χ3n) is 2.77. The van der Waals surface area contributed by atoms with Crippen LogP contribution in [0.4, 0.5) is 0 Å². The second-order valence-electron chi connectivity index (χ2n) is 5.87. The molecule has 0 amide bonds. The first-order chi connectivity index (χ1) is 7.34. The Morgan fingerprint density at radius 2 is 1.81 bits per heavy atom. The summed E-state index contributed by atoms with van der Waals surface area (Å²) < 4.78 is 5.41. The topological polar surface area (TPSA) is 9.23 Å². The van der Waals surface area contributed by atoms with E-state index in [9.17, 15) is 0 Å². The van der Waals surface area contributed by atoms with E-state index in [4.69, 9.17) is 4.74 Å². The molecule has 0 aliphatic heterocycles. The van der Waals surface area contributed by atoms with Crippen LogP contribution in [0.15, 0.2) is 18.2 Å². The molecule has 90 valence electrons. The van der Waals surface area contributed by atoms with E-state index in [1.165, 1.54) is 11.1 Å². The highest BCUT2D eigenvalue weighted by Gasteiger charge is 2.16. The zero-order valence-corrected chi connectivity index (χ0v) is 11.4. The first kappa shape index (κ1) is 13.1. The van der Waals surface area contributed by atoms with Crippen molar-refractivity contribution in [3.05, 3.63) is 29.3 Å². The van der Waals surface area contributed by atoms with E-state index in [0.717, 1.165) is 12.2 Å². The molecule has 1 aromatic rings. The van der Waals surface area contributed by atoms with Crippen molar-refractivity contribution in [3.8, 4) is 5.75 Å². The molecule has 0 aromatic heterocycles. The number of hydrogen-bond donors (Lipinski definition) is 0. The predicted octanol–water partition coefficient (Wildman–Crippen LogP) is 4.19. The Kier molecular flexibility index (Phi) is 4.01. The summed E-state index contributed by atoms with van der Waals surface area (Å²) in [5.74, 6) is 1.67. The summed E-state index contributed by atoms with van der Waals surface area (Å²) >= 11 is 0. The lowest BCUT2D eigenvalue weighted by atomic mass is 9.85. The Hall–Kier alpha value is -0.980. The SMILES string of the molecule is COc1ccc(C(C)(C)C)cc1CC(C)C. The van der Waals surface area contributed by atoms with Crippen LogP contribution in [0.5, 0.6) is 5.75 Å². The van der Waals surface area contributed by atoms with E-state index in [-0.39, 0.29) is 5.41 Å². The van der Waals surface area contributed by atoms with Crippen LogP contribution in [0.2, 0.25) is 0 Å². The van der Waals surface area contributed by atoms with E-state index in [0.29, 0.717) is 5.92 Å². The number of hydrogen-bond acceptors (Lipinski definition) is 1. The van der Waals surface area contributed by atoms with Crippen LogP contribution in [0.1, 0.15) is 45.7 Å². The largest absolute Gasteiger partial charge is 0.496 e. The minimum Gasteiger partial charge on any atom is -0.496 e. The number of ether oxygens (including phenoxy) is 1. The van der Waals surface area contributed by atoms with Crippen molar-refractivity contribution >= 4 is 0 Å². The van der Waals surface area contributed by atoms with Crippen LogP contribution < -0.4 is 4.74 Å². The van der Waals surface area contributed by atoms with Gasteiger partial charge in [0.25, 0.3) is 0 Å². The average Bonchev–Trinajstić information content (AvgIpc) is 2.15. The third kappa shape index (κ3) is 3.26. The van der Waals surface area contributed by atoms with Crippen molar-refractivity contribution < 1.29 is 4.74 Å². The van der Waals surface area contributed by atoms with Gasteiger partial charge in [-0.2, -0.15) is 0 Å². The Morgan fingerprint density at radius 1 is 1.19 bits per heavy atom. The smallest absolute Gasteiger partial charge is 0.122 e. The van der Waals surface area contributed by atoms with Gasteiger partial charge in [-0.1, -0.05) is 46.8 Å². The van der Waals surface area contributed by atoms with Crippen LogP contribution in [0.25, 0.3) is 0 Å². The average molecular weight is 220 g/mol. The standard InChI is InChI=1S/C15H24O/c1-11(2)9-12-10-13(15(3,4)5)7-8-14(12)16-6/h7-8,10-11H,9H2,1-6H3. The zero-order valence-electron chi connectivity index (χ0n) is 11.4. The van der Waals surface area contributed by atoms with Crippen molar-refractivity contribution in [2.24, 2.45) is 5.92 Å². The highest BCUT2D eigenvalue weighted by Crippen LogP contribution is 2.29. The van der Waals surface area contributed by atoms with Crippen LogP contribution >= 0.6 is 0 Å². The zero-order chi connectivity index (χ0) is 12.3. The normalized spacial score (nSPS) is 11.9. The van der Waals surface area contributed by atoms with Gasteiger partial charge in [-0.3, -0.25) is 0 Å². The highest BCUT2D eigenvalue weighted by molar-refractivity contribution is 5.39. The molecule has 1 heteroatoms. The monoisotopic (exact) mass is 220 g/mol. The van der Waals surface area contributed by atoms with E-state index in [1.54, 1.807) is 7.11 Å². The Balaban J connectivity index is 3.11. The summed E-state index contributed by atoms with van der Waals surface area (Å²) in [6.45, 7) is 11.2. The number of benzene rings is 1. The number of methoxy groups -OCH3 is 1. The van der Waals surface area contributed by atoms with Gasteiger partial charge in [0.2, 0.25) is 0 Å². The van der Waals surface area contributed by atoms with Gasteiger partial charge in [-0.05, 0) is 34.9 Å². The van der Waals surface area contributed by atoms with E-state index in [2.05, 4.69) is 52.8 Å². The lowest BCUT2D eigenvalue weighted by molar-refractivity contribution is 0.406. The molecule has 1 nitrogen and oxygen atoms in total. The molecule has 0 saturated carbocycles. The van der Waals surface area contributed by atoms with Crippen molar-refractivity contribution in [2.75, 3.05) is 7.11 Å². The van der Waals surface area contributed by atoms with E-state index >= 15 is 0 Å². The predicted molar refractivity (Wildman–Crippen MR) is 70.2 cm³/mol. The first-order valence-electron chi connectivity index (χ1n) is 6.02. The van der Waals surface area contributed by atoms with Crippen LogP contribution in [-0.4, -0.2) is 7.11 Å². The molecule has 0 aliphatic rings. The molecule has 0 spiro atoms. The number of rotatable bonds is 3. The van der Waals surface area contributed by atoms with Crippen LogP contribution in [0.3, 0.4) is 0 Å². The summed E-state index contributed by atoms with van der Waals surface area (Å²) in [7, 11) is 1.75. The molecule has 0 unspecified atom stereocenters. The van der Waals surface area contributed by atoms with Crippen molar-refractivity contribution in [1.82, 2.24) is 0 Å². The summed E-state index contributed by atoms with van der Waals surface area (Å²) in [5, 5.41) is 0. The molecule has 0 radical (unpaired) electrons. The molecule has 1 aromatic carbocycles. The van der Waals surface area contributed by atoms with Gasteiger partial charge >= 0.3 is 0 Å². The van der Waals surface area contributed by atoms with Gasteiger partial charge in [-0.15, -0.1) is 0 Å². The molecular weight excluding hydrogens is 196 g/mol. The maximum atomic E-state index is 5.41. The Morgan fingerprint density at radius 3 is 2.25 bits per heavy atom. The minimum absolute atomic E-state index is 0.206. The summed E-state index contributed by atoms with van der Waals surface area (Å²) in [5.41, 5.74) is 2.91. The fourth-order valence-electron chi connectivity index (χ4n) is 1.84. The van der Waals surface area contributed by atoms with Gasteiger partial charge in [0.1, 0.15) is 5.75 Å².